The Balaban J connectivity index is 1.18. The summed E-state index contributed by atoms with van der Waals surface area (Å²) in [5, 5.41) is 2.24. The van der Waals surface area contributed by atoms with E-state index >= 15 is 0 Å². The van der Waals surface area contributed by atoms with Crippen molar-refractivity contribution in [2.45, 2.75) is 5.41 Å². The van der Waals surface area contributed by atoms with Crippen molar-refractivity contribution in [1.29, 1.82) is 0 Å². The van der Waals surface area contributed by atoms with Crippen LogP contribution in [0.1, 0.15) is 22.3 Å². The molecule has 0 bridgehead atoms. The standard InChI is InChI=1S/C46H27N3OS/c1-3-13-28(14-4-1)43-47-44(29-15-5-2-6-16-29)49-45(48-43)30-23-25-39-33(27-30)41-40(51-39)26-24-37-42(41)50-38-22-12-11-21-36(38)46(37)34-19-9-7-17-31(34)32-18-8-10-20-35(32)46/h1-27H. The molecule has 0 atom stereocenters. The summed E-state index contributed by atoms with van der Waals surface area (Å²) in [6, 6.07) is 57.7. The van der Waals surface area contributed by atoms with E-state index in [1.165, 1.54) is 37.2 Å². The summed E-state index contributed by atoms with van der Waals surface area (Å²) < 4.78 is 9.41. The van der Waals surface area contributed by atoms with Crippen molar-refractivity contribution < 1.29 is 4.74 Å². The third-order valence-electron chi connectivity index (χ3n) is 10.4. The van der Waals surface area contributed by atoms with Crippen molar-refractivity contribution in [2.24, 2.45) is 0 Å². The third-order valence-corrected chi connectivity index (χ3v) is 11.5. The van der Waals surface area contributed by atoms with Crippen LogP contribution in [0.25, 0.3) is 65.5 Å². The third kappa shape index (κ3) is 4.04. The second-order valence-electron chi connectivity index (χ2n) is 13.1. The molecule has 0 radical (unpaired) electrons. The molecule has 0 saturated carbocycles. The lowest BCUT2D eigenvalue weighted by atomic mass is 9.66. The molecule has 0 amide bonds. The molecule has 2 aromatic heterocycles. The maximum absolute atomic E-state index is 7.04. The van der Waals surface area contributed by atoms with Gasteiger partial charge in [-0.05, 0) is 52.6 Å². The fraction of sp³-hybridized carbons (Fsp3) is 0.0217. The van der Waals surface area contributed by atoms with E-state index in [9.17, 15) is 0 Å². The van der Waals surface area contributed by atoms with Gasteiger partial charge in [-0.1, -0.05) is 133 Å². The lowest BCUT2D eigenvalue weighted by Crippen LogP contribution is -2.32. The van der Waals surface area contributed by atoms with Crippen molar-refractivity contribution in [3.63, 3.8) is 0 Å². The largest absolute Gasteiger partial charge is 0.456 e. The summed E-state index contributed by atoms with van der Waals surface area (Å²) in [6.07, 6.45) is 0. The van der Waals surface area contributed by atoms with Gasteiger partial charge in [0, 0.05) is 48.0 Å². The number of hydrogen-bond acceptors (Lipinski definition) is 5. The van der Waals surface area contributed by atoms with Gasteiger partial charge >= 0.3 is 0 Å². The van der Waals surface area contributed by atoms with Gasteiger partial charge < -0.3 is 4.74 Å². The lowest BCUT2D eigenvalue weighted by Gasteiger charge is -2.39. The molecule has 2 aliphatic rings. The van der Waals surface area contributed by atoms with E-state index in [4.69, 9.17) is 19.7 Å². The van der Waals surface area contributed by atoms with Gasteiger partial charge in [0.15, 0.2) is 17.5 Å². The SMILES string of the molecule is c1ccc(-c2nc(-c3ccccc3)nc(-c3ccc4sc5ccc6c(c5c4c3)Oc3ccccc3C63c4ccccc4-c4ccccc43)n2)cc1. The van der Waals surface area contributed by atoms with Gasteiger partial charge in [0.1, 0.15) is 11.5 Å². The Morgan fingerprint density at radius 1 is 0.431 bits per heavy atom. The second-order valence-corrected chi connectivity index (χ2v) is 14.2. The Hall–Kier alpha value is -6.43. The summed E-state index contributed by atoms with van der Waals surface area (Å²) in [4.78, 5) is 15.0. The molecular weight excluding hydrogens is 643 g/mol. The minimum atomic E-state index is -0.513. The van der Waals surface area contributed by atoms with Crippen LogP contribution in [0.2, 0.25) is 0 Å². The molecule has 7 aromatic carbocycles. The van der Waals surface area contributed by atoms with E-state index in [2.05, 4.69) is 103 Å². The van der Waals surface area contributed by atoms with Gasteiger partial charge in [-0.3, -0.25) is 0 Å². The summed E-state index contributed by atoms with van der Waals surface area (Å²) in [7, 11) is 0. The minimum absolute atomic E-state index is 0.513. The molecule has 4 nitrogen and oxygen atoms in total. The lowest BCUT2D eigenvalue weighted by molar-refractivity contribution is 0.442. The highest BCUT2D eigenvalue weighted by atomic mass is 32.1. The molecule has 1 aliphatic carbocycles. The van der Waals surface area contributed by atoms with Crippen LogP contribution in [-0.2, 0) is 5.41 Å². The molecule has 3 heterocycles. The number of para-hydroxylation sites is 1. The molecule has 0 N–H and O–H groups in total. The molecule has 238 valence electrons. The van der Waals surface area contributed by atoms with E-state index in [0.717, 1.165) is 44.5 Å². The van der Waals surface area contributed by atoms with Crippen LogP contribution >= 0.6 is 11.3 Å². The molecule has 9 aromatic rings. The monoisotopic (exact) mass is 669 g/mol. The Morgan fingerprint density at radius 3 is 1.61 bits per heavy atom. The van der Waals surface area contributed by atoms with Gasteiger partial charge in [-0.2, -0.15) is 0 Å². The first kappa shape index (κ1) is 28.4. The summed E-state index contributed by atoms with van der Waals surface area (Å²) in [5.74, 6) is 3.72. The Labute approximate surface area is 298 Å². The number of thiophene rings is 1. The average molecular weight is 670 g/mol. The van der Waals surface area contributed by atoms with Gasteiger partial charge in [0.25, 0.3) is 0 Å². The average Bonchev–Trinajstić information content (AvgIpc) is 3.73. The highest BCUT2D eigenvalue weighted by Gasteiger charge is 2.51. The predicted octanol–water partition coefficient (Wildman–Crippen LogP) is 11.7. The molecular formula is C46H27N3OS. The number of benzene rings is 7. The van der Waals surface area contributed by atoms with Crippen LogP contribution in [-0.4, -0.2) is 15.0 Å². The number of nitrogens with zero attached hydrogens (tertiary/aromatic N) is 3. The molecule has 0 saturated heterocycles. The highest BCUT2D eigenvalue weighted by molar-refractivity contribution is 7.25. The first-order valence-electron chi connectivity index (χ1n) is 17.1. The van der Waals surface area contributed by atoms with Crippen molar-refractivity contribution in [2.75, 3.05) is 0 Å². The van der Waals surface area contributed by atoms with Gasteiger partial charge in [-0.25, -0.2) is 15.0 Å². The zero-order valence-corrected chi connectivity index (χ0v) is 28.1. The van der Waals surface area contributed by atoms with E-state index < -0.39 is 5.41 Å². The van der Waals surface area contributed by atoms with E-state index in [0.29, 0.717) is 17.5 Å². The number of hydrogen-bond donors (Lipinski definition) is 0. The van der Waals surface area contributed by atoms with E-state index in [-0.39, 0.29) is 0 Å². The number of ether oxygens (including phenoxy) is 1. The van der Waals surface area contributed by atoms with Gasteiger partial charge in [0.2, 0.25) is 0 Å². The van der Waals surface area contributed by atoms with Crippen molar-refractivity contribution in [3.8, 4) is 56.8 Å². The molecule has 5 heteroatoms. The quantitative estimate of drug-likeness (QED) is 0.188. The van der Waals surface area contributed by atoms with Crippen molar-refractivity contribution >= 4 is 31.5 Å². The first-order valence-corrected chi connectivity index (χ1v) is 17.9. The maximum Gasteiger partial charge on any atom is 0.164 e. The van der Waals surface area contributed by atoms with Crippen molar-refractivity contribution in [3.05, 3.63) is 186 Å². The summed E-state index contributed by atoms with van der Waals surface area (Å²) in [6.45, 7) is 0. The maximum atomic E-state index is 7.04. The highest BCUT2D eigenvalue weighted by Crippen LogP contribution is 2.63. The van der Waals surface area contributed by atoms with Crippen LogP contribution in [0.3, 0.4) is 0 Å². The fourth-order valence-electron chi connectivity index (χ4n) is 8.25. The smallest absolute Gasteiger partial charge is 0.164 e. The van der Waals surface area contributed by atoms with Crippen molar-refractivity contribution in [1.82, 2.24) is 15.0 Å². The predicted molar refractivity (Wildman–Crippen MR) is 206 cm³/mol. The summed E-state index contributed by atoms with van der Waals surface area (Å²) >= 11 is 1.79. The van der Waals surface area contributed by atoms with E-state index in [1.807, 2.05) is 60.7 Å². The summed E-state index contributed by atoms with van der Waals surface area (Å²) in [5.41, 5.74) is 9.76. The fourth-order valence-corrected chi connectivity index (χ4v) is 9.34. The zero-order chi connectivity index (χ0) is 33.5. The minimum Gasteiger partial charge on any atom is -0.456 e. The Morgan fingerprint density at radius 2 is 0.961 bits per heavy atom. The molecule has 51 heavy (non-hydrogen) atoms. The number of aromatic nitrogens is 3. The van der Waals surface area contributed by atoms with Crippen LogP contribution in [0.5, 0.6) is 11.5 Å². The first-order chi connectivity index (χ1) is 25.3. The molecule has 11 rings (SSSR count). The molecule has 0 unspecified atom stereocenters. The van der Waals surface area contributed by atoms with Gasteiger partial charge in [-0.15, -0.1) is 11.3 Å². The topological polar surface area (TPSA) is 47.9 Å². The van der Waals surface area contributed by atoms with Gasteiger partial charge in [0.05, 0.1) is 5.41 Å². The zero-order valence-electron chi connectivity index (χ0n) is 27.2. The van der Waals surface area contributed by atoms with Crippen LogP contribution < -0.4 is 4.74 Å². The Bertz CT molecular complexity index is 2740. The molecule has 0 fully saturated rings. The van der Waals surface area contributed by atoms with Crippen LogP contribution in [0, 0.1) is 0 Å². The van der Waals surface area contributed by atoms with Crippen LogP contribution in [0.4, 0.5) is 0 Å². The second kappa shape index (κ2) is 10.8. The Kier molecular flexibility index (Phi) is 6.01. The number of fused-ring (bicyclic) bond motifs is 13. The molecule has 1 spiro atoms. The molecule has 1 aliphatic heterocycles. The van der Waals surface area contributed by atoms with E-state index in [1.54, 1.807) is 11.3 Å². The number of rotatable bonds is 3. The normalized spacial score (nSPS) is 13.4. The van der Waals surface area contributed by atoms with Crippen LogP contribution in [0.15, 0.2) is 164 Å².